The third kappa shape index (κ3) is 2.98. The second-order valence-corrected chi connectivity index (χ2v) is 3.78. The van der Waals surface area contributed by atoms with Crippen LogP contribution in [0.4, 0.5) is 15.9 Å². The lowest BCUT2D eigenvalue weighted by molar-refractivity contribution is 0.102. The lowest BCUT2D eigenvalue weighted by Gasteiger charge is -2.09. The molecule has 0 saturated heterocycles. The van der Waals surface area contributed by atoms with Crippen molar-refractivity contribution >= 4 is 17.4 Å². The molecular formula is C13H12FN3O2. The van der Waals surface area contributed by atoms with Gasteiger partial charge >= 0.3 is 0 Å². The molecule has 98 valence electrons. The van der Waals surface area contributed by atoms with Gasteiger partial charge in [0.2, 0.25) is 0 Å². The minimum atomic E-state index is -0.469. The van der Waals surface area contributed by atoms with Gasteiger partial charge < -0.3 is 15.8 Å². The van der Waals surface area contributed by atoms with Crippen LogP contribution in [-0.2, 0) is 0 Å². The van der Waals surface area contributed by atoms with E-state index in [9.17, 15) is 9.18 Å². The number of nitrogens with zero attached hydrogens (tertiary/aromatic N) is 1. The molecule has 1 aromatic carbocycles. The number of nitrogens with two attached hydrogens (primary N) is 1. The number of rotatable bonds is 3. The van der Waals surface area contributed by atoms with Crippen molar-refractivity contribution in [2.45, 2.75) is 0 Å². The quantitative estimate of drug-likeness (QED) is 0.829. The summed E-state index contributed by atoms with van der Waals surface area (Å²) in [7, 11) is 1.45. The predicted octanol–water partition coefficient (Wildman–Crippen LogP) is 2.06. The van der Waals surface area contributed by atoms with Crippen molar-refractivity contribution in [2.24, 2.45) is 0 Å². The molecule has 1 amide bonds. The summed E-state index contributed by atoms with van der Waals surface area (Å²) >= 11 is 0. The van der Waals surface area contributed by atoms with Crippen LogP contribution < -0.4 is 15.8 Å². The molecular weight excluding hydrogens is 249 g/mol. The minimum Gasteiger partial charge on any atom is -0.496 e. The van der Waals surface area contributed by atoms with Crippen molar-refractivity contribution in [3.05, 3.63) is 47.9 Å². The van der Waals surface area contributed by atoms with Gasteiger partial charge in [-0.15, -0.1) is 0 Å². The van der Waals surface area contributed by atoms with Crippen LogP contribution in [0.3, 0.4) is 0 Å². The Balaban J connectivity index is 2.22. The lowest BCUT2D eigenvalue weighted by Crippen LogP contribution is -2.14. The highest BCUT2D eigenvalue weighted by molar-refractivity contribution is 6.06. The monoisotopic (exact) mass is 261 g/mol. The van der Waals surface area contributed by atoms with Gasteiger partial charge in [0.05, 0.1) is 18.9 Å². The van der Waals surface area contributed by atoms with E-state index in [0.29, 0.717) is 17.0 Å². The van der Waals surface area contributed by atoms with E-state index in [0.717, 1.165) is 6.20 Å². The van der Waals surface area contributed by atoms with Crippen molar-refractivity contribution in [2.75, 3.05) is 18.2 Å². The van der Waals surface area contributed by atoms with Crippen LogP contribution in [-0.4, -0.2) is 18.0 Å². The van der Waals surface area contributed by atoms with Crippen LogP contribution in [0.1, 0.15) is 10.4 Å². The van der Waals surface area contributed by atoms with Gasteiger partial charge in [0.15, 0.2) is 0 Å². The smallest absolute Gasteiger partial charge is 0.260 e. The van der Waals surface area contributed by atoms with Crippen LogP contribution in [0.15, 0.2) is 36.5 Å². The highest BCUT2D eigenvalue weighted by Gasteiger charge is 2.13. The molecule has 1 aromatic heterocycles. The van der Waals surface area contributed by atoms with Crippen molar-refractivity contribution in [1.82, 2.24) is 4.98 Å². The van der Waals surface area contributed by atoms with Gasteiger partial charge in [-0.25, -0.2) is 9.37 Å². The summed E-state index contributed by atoms with van der Waals surface area (Å²) in [5, 5.41) is 2.54. The average molecular weight is 261 g/mol. The van der Waals surface area contributed by atoms with E-state index in [2.05, 4.69) is 10.3 Å². The van der Waals surface area contributed by atoms with Gasteiger partial charge in [-0.1, -0.05) is 0 Å². The van der Waals surface area contributed by atoms with Gasteiger partial charge in [0, 0.05) is 11.8 Å². The SMILES string of the molecule is COc1cc(N)ccc1C(=O)Nc1ccc(F)cn1. The maximum atomic E-state index is 12.7. The zero-order valence-corrected chi connectivity index (χ0v) is 10.2. The summed E-state index contributed by atoms with van der Waals surface area (Å²) in [5.41, 5.74) is 6.42. The third-order valence-corrected chi connectivity index (χ3v) is 2.44. The standard InChI is InChI=1S/C13H12FN3O2/c1-19-11-6-9(15)3-4-10(11)13(18)17-12-5-2-8(14)7-16-12/h2-7H,15H2,1H3,(H,16,17,18). The number of ether oxygens (including phenoxy) is 1. The summed E-state index contributed by atoms with van der Waals surface area (Å²) in [6, 6.07) is 7.27. The fraction of sp³-hybridized carbons (Fsp3) is 0.0769. The first kappa shape index (κ1) is 12.8. The molecule has 2 rings (SSSR count). The van der Waals surface area contributed by atoms with Crippen molar-refractivity contribution < 1.29 is 13.9 Å². The Labute approximate surface area is 109 Å². The number of methoxy groups -OCH3 is 1. The number of anilines is 2. The Kier molecular flexibility index (Phi) is 3.61. The summed E-state index contributed by atoms with van der Waals surface area (Å²) < 4.78 is 17.8. The summed E-state index contributed by atoms with van der Waals surface area (Å²) in [6.45, 7) is 0. The van der Waals surface area contributed by atoms with E-state index in [4.69, 9.17) is 10.5 Å². The Morgan fingerprint density at radius 2 is 2.16 bits per heavy atom. The van der Waals surface area contributed by atoms with Crippen molar-refractivity contribution in [3.63, 3.8) is 0 Å². The molecule has 0 bridgehead atoms. The molecule has 1 heterocycles. The van der Waals surface area contributed by atoms with Crippen LogP contribution in [0.5, 0.6) is 5.75 Å². The Bertz CT molecular complexity index is 599. The van der Waals surface area contributed by atoms with Gasteiger partial charge in [0.25, 0.3) is 5.91 Å². The number of carbonyl (C=O) groups excluding carboxylic acids is 1. The molecule has 0 aliphatic heterocycles. The van der Waals surface area contributed by atoms with Gasteiger partial charge in [0.1, 0.15) is 17.4 Å². The number of amides is 1. The van der Waals surface area contributed by atoms with Crippen LogP contribution >= 0.6 is 0 Å². The van der Waals surface area contributed by atoms with E-state index >= 15 is 0 Å². The van der Waals surface area contributed by atoms with Gasteiger partial charge in [-0.05, 0) is 24.3 Å². The average Bonchev–Trinajstić information content (AvgIpc) is 2.41. The Hall–Kier alpha value is -2.63. The second-order valence-electron chi connectivity index (χ2n) is 3.78. The van der Waals surface area contributed by atoms with Crippen LogP contribution in [0.25, 0.3) is 0 Å². The van der Waals surface area contributed by atoms with Gasteiger partial charge in [-0.3, -0.25) is 4.79 Å². The first-order valence-corrected chi connectivity index (χ1v) is 5.46. The van der Waals surface area contributed by atoms with Gasteiger partial charge in [-0.2, -0.15) is 0 Å². The first-order valence-electron chi connectivity index (χ1n) is 5.46. The largest absolute Gasteiger partial charge is 0.496 e. The Morgan fingerprint density at radius 3 is 2.79 bits per heavy atom. The molecule has 19 heavy (non-hydrogen) atoms. The fourth-order valence-electron chi connectivity index (χ4n) is 1.53. The number of halogens is 1. The molecule has 0 fully saturated rings. The third-order valence-electron chi connectivity index (χ3n) is 2.44. The highest BCUT2D eigenvalue weighted by atomic mass is 19.1. The van der Waals surface area contributed by atoms with Crippen molar-refractivity contribution in [1.29, 1.82) is 0 Å². The van der Waals surface area contributed by atoms with Crippen LogP contribution in [0.2, 0.25) is 0 Å². The number of nitrogen functional groups attached to an aromatic ring is 1. The molecule has 0 atom stereocenters. The molecule has 5 nitrogen and oxygen atoms in total. The highest BCUT2D eigenvalue weighted by Crippen LogP contribution is 2.22. The number of nitrogens with one attached hydrogen (secondary N) is 1. The topological polar surface area (TPSA) is 77.2 Å². The minimum absolute atomic E-state index is 0.255. The summed E-state index contributed by atoms with van der Waals surface area (Å²) in [6.07, 6.45) is 1.02. The zero-order valence-electron chi connectivity index (χ0n) is 10.2. The van der Waals surface area contributed by atoms with E-state index < -0.39 is 11.7 Å². The lowest BCUT2D eigenvalue weighted by atomic mass is 10.1. The molecule has 2 aromatic rings. The molecule has 0 unspecified atom stereocenters. The number of benzene rings is 1. The molecule has 0 radical (unpaired) electrons. The maximum Gasteiger partial charge on any atom is 0.260 e. The van der Waals surface area contributed by atoms with Crippen molar-refractivity contribution in [3.8, 4) is 5.75 Å². The van der Waals surface area contributed by atoms with E-state index in [1.54, 1.807) is 18.2 Å². The predicted molar refractivity (Wildman–Crippen MR) is 69.6 cm³/mol. The fourth-order valence-corrected chi connectivity index (χ4v) is 1.53. The van der Waals surface area contributed by atoms with E-state index in [-0.39, 0.29) is 5.82 Å². The number of hydrogen-bond acceptors (Lipinski definition) is 4. The summed E-state index contributed by atoms with van der Waals surface area (Å²) in [4.78, 5) is 15.8. The molecule has 6 heteroatoms. The first-order chi connectivity index (χ1) is 9.10. The van der Waals surface area contributed by atoms with E-state index in [1.165, 1.54) is 19.2 Å². The van der Waals surface area contributed by atoms with Crippen LogP contribution in [0, 0.1) is 5.82 Å². The summed E-state index contributed by atoms with van der Waals surface area (Å²) in [5.74, 6) is -0.260. The number of hydrogen-bond donors (Lipinski definition) is 2. The molecule has 0 saturated carbocycles. The second kappa shape index (κ2) is 5.34. The number of aromatic nitrogens is 1. The maximum absolute atomic E-state index is 12.7. The molecule has 0 aliphatic rings. The number of pyridine rings is 1. The molecule has 3 N–H and O–H groups in total. The molecule has 0 aliphatic carbocycles. The Morgan fingerprint density at radius 1 is 1.37 bits per heavy atom. The van der Waals surface area contributed by atoms with E-state index in [1.807, 2.05) is 0 Å². The molecule has 0 spiro atoms. The normalized spacial score (nSPS) is 10.0. The zero-order chi connectivity index (χ0) is 13.8. The number of carbonyl (C=O) groups is 1.